The van der Waals surface area contributed by atoms with Crippen molar-refractivity contribution in [2.45, 2.75) is 13.5 Å². The largest absolute Gasteiger partial charge is 0.490 e. The zero-order chi connectivity index (χ0) is 22.5. The zero-order valence-electron chi connectivity index (χ0n) is 16.5. The normalized spacial score (nSPS) is 15.0. The summed E-state index contributed by atoms with van der Waals surface area (Å²) in [5.74, 6) is 0.438. The van der Waals surface area contributed by atoms with Crippen molar-refractivity contribution in [3.05, 3.63) is 74.1 Å². The zero-order valence-corrected chi connectivity index (χ0v) is 19.6. The Morgan fingerprint density at radius 1 is 1.06 bits per heavy atom. The first-order chi connectivity index (χ1) is 14.8. The molecule has 0 bridgehead atoms. The maximum atomic E-state index is 12.8. The summed E-state index contributed by atoms with van der Waals surface area (Å²) in [6, 6.07) is 8.34. The van der Waals surface area contributed by atoms with Gasteiger partial charge in [0.1, 0.15) is 6.61 Å². The average molecular weight is 499 g/mol. The molecule has 5 nitrogen and oxygen atoms in total. The molecule has 1 aliphatic rings. The van der Waals surface area contributed by atoms with E-state index in [9.17, 15) is 9.59 Å². The number of imide groups is 1. The van der Waals surface area contributed by atoms with Gasteiger partial charge in [-0.2, -0.15) is 0 Å². The van der Waals surface area contributed by atoms with Crippen LogP contribution in [0.3, 0.4) is 0 Å². The monoisotopic (exact) mass is 497 g/mol. The number of carbonyl (C=O) groups excluding carboxylic acids is 2. The van der Waals surface area contributed by atoms with Crippen molar-refractivity contribution in [2.75, 3.05) is 13.2 Å². The number of ether oxygens (including phenoxy) is 2. The van der Waals surface area contributed by atoms with Crippen LogP contribution in [-0.4, -0.2) is 29.3 Å². The van der Waals surface area contributed by atoms with Crippen LogP contribution in [0.1, 0.15) is 18.1 Å². The summed E-state index contributed by atoms with van der Waals surface area (Å²) in [6.07, 6.45) is 3.20. The molecule has 0 saturated carbocycles. The first-order valence-electron chi connectivity index (χ1n) is 9.23. The second-order valence-electron chi connectivity index (χ2n) is 6.38. The number of rotatable bonds is 8. The summed E-state index contributed by atoms with van der Waals surface area (Å²) >= 11 is 19.2. The summed E-state index contributed by atoms with van der Waals surface area (Å²) in [7, 11) is 0. The van der Waals surface area contributed by atoms with Gasteiger partial charge in [-0.1, -0.05) is 53.5 Å². The Balaban J connectivity index is 1.86. The van der Waals surface area contributed by atoms with E-state index >= 15 is 0 Å². The van der Waals surface area contributed by atoms with Crippen molar-refractivity contribution in [2.24, 2.45) is 0 Å². The van der Waals surface area contributed by atoms with E-state index in [1.807, 2.05) is 6.92 Å². The van der Waals surface area contributed by atoms with Crippen LogP contribution < -0.4 is 9.47 Å². The fourth-order valence-corrected chi connectivity index (χ4v) is 4.26. The highest BCUT2D eigenvalue weighted by Gasteiger charge is 2.35. The molecule has 0 radical (unpaired) electrons. The van der Waals surface area contributed by atoms with Crippen LogP contribution in [0.5, 0.6) is 11.5 Å². The fourth-order valence-electron chi connectivity index (χ4n) is 2.82. The standard InChI is InChI=1S/C22H18Cl3NO4S/c1-3-7-30-20-17(25)9-14(10-18(20)29-4-2)11-19-21(27)26(22(28)31-19)12-13-5-6-15(23)16(24)8-13/h3,5-6,8-11H,1,4,7,12H2,2H3/b19-11+. The molecule has 2 aromatic rings. The topological polar surface area (TPSA) is 55.8 Å². The molecule has 0 atom stereocenters. The highest BCUT2D eigenvalue weighted by molar-refractivity contribution is 8.18. The number of nitrogens with zero attached hydrogens (tertiary/aromatic N) is 1. The van der Waals surface area contributed by atoms with Gasteiger partial charge in [-0.05, 0) is 60.2 Å². The Kier molecular flexibility index (Phi) is 7.94. The van der Waals surface area contributed by atoms with Gasteiger partial charge >= 0.3 is 0 Å². The molecule has 0 N–H and O–H groups in total. The molecule has 0 aromatic heterocycles. The Bertz CT molecular complexity index is 1070. The number of hydrogen-bond donors (Lipinski definition) is 0. The highest BCUT2D eigenvalue weighted by atomic mass is 35.5. The lowest BCUT2D eigenvalue weighted by Gasteiger charge is -2.14. The molecule has 1 saturated heterocycles. The molecule has 0 unspecified atom stereocenters. The number of benzene rings is 2. The van der Waals surface area contributed by atoms with E-state index in [-0.39, 0.29) is 23.3 Å². The second-order valence-corrected chi connectivity index (χ2v) is 8.59. The third-order valence-corrected chi connectivity index (χ3v) is 6.10. The predicted octanol–water partition coefficient (Wildman–Crippen LogP) is 6.85. The summed E-state index contributed by atoms with van der Waals surface area (Å²) < 4.78 is 11.2. The quantitative estimate of drug-likeness (QED) is 0.294. The summed E-state index contributed by atoms with van der Waals surface area (Å²) in [4.78, 5) is 26.7. The molecule has 3 rings (SSSR count). The van der Waals surface area contributed by atoms with Crippen LogP contribution in [-0.2, 0) is 11.3 Å². The molecule has 31 heavy (non-hydrogen) atoms. The number of halogens is 3. The molecule has 1 heterocycles. The molecule has 9 heteroatoms. The Morgan fingerprint density at radius 2 is 1.84 bits per heavy atom. The Hall–Kier alpha value is -2.12. The molecule has 0 aliphatic carbocycles. The smallest absolute Gasteiger partial charge is 0.293 e. The Labute approximate surface area is 199 Å². The first-order valence-corrected chi connectivity index (χ1v) is 11.2. The second kappa shape index (κ2) is 10.5. The fraction of sp³-hybridized carbons (Fsp3) is 0.182. The van der Waals surface area contributed by atoms with Gasteiger partial charge in [-0.25, -0.2) is 0 Å². The first kappa shape index (κ1) is 23.5. The van der Waals surface area contributed by atoms with Crippen LogP contribution >= 0.6 is 46.6 Å². The Morgan fingerprint density at radius 3 is 2.52 bits per heavy atom. The summed E-state index contributed by atoms with van der Waals surface area (Å²) in [5, 5.41) is 0.721. The van der Waals surface area contributed by atoms with Crippen LogP contribution in [0.25, 0.3) is 6.08 Å². The van der Waals surface area contributed by atoms with Crippen molar-refractivity contribution in [1.29, 1.82) is 0 Å². The van der Waals surface area contributed by atoms with E-state index in [2.05, 4.69) is 6.58 Å². The molecular weight excluding hydrogens is 481 g/mol. The third-order valence-electron chi connectivity index (χ3n) is 4.17. The molecular formula is C22H18Cl3NO4S. The lowest BCUT2D eigenvalue weighted by Crippen LogP contribution is -2.27. The molecule has 1 aliphatic heterocycles. The van der Waals surface area contributed by atoms with Gasteiger partial charge in [0.05, 0.1) is 33.1 Å². The highest BCUT2D eigenvalue weighted by Crippen LogP contribution is 2.39. The van der Waals surface area contributed by atoms with Gasteiger partial charge in [-0.3, -0.25) is 14.5 Å². The lowest BCUT2D eigenvalue weighted by molar-refractivity contribution is -0.123. The van der Waals surface area contributed by atoms with Crippen LogP contribution in [0.4, 0.5) is 4.79 Å². The molecule has 2 amide bonds. The van der Waals surface area contributed by atoms with Crippen molar-refractivity contribution in [3.63, 3.8) is 0 Å². The van der Waals surface area contributed by atoms with Gasteiger partial charge in [-0.15, -0.1) is 0 Å². The van der Waals surface area contributed by atoms with E-state index in [4.69, 9.17) is 44.3 Å². The van der Waals surface area contributed by atoms with E-state index in [0.29, 0.717) is 44.3 Å². The minimum atomic E-state index is -0.401. The SMILES string of the molecule is C=CCOc1c(Cl)cc(/C=C2/SC(=O)N(Cc3ccc(Cl)c(Cl)c3)C2=O)cc1OCC. The number of amides is 2. The van der Waals surface area contributed by atoms with Crippen molar-refractivity contribution in [1.82, 2.24) is 4.90 Å². The van der Waals surface area contributed by atoms with E-state index in [0.717, 1.165) is 16.7 Å². The molecule has 0 spiro atoms. The van der Waals surface area contributed by atoms with Gasteiger partial charge in [0, 0.05) is 0 Å². The average Bonchev–Trinajstić information content (AvgIpc) is 2.98. The number of hydrogen-bond acceptors (Lipinski definition) is 5. The number of carbonyl (C=O) groups is 2. The summed E-state index contributed by atoms with van der Waals surface area (Å²) in [5.41, 5.74) is 1.31. The predicted molar refractivity (Wildman–Crippen MR) is 126 cm³/mol. The molecule has 162 valence electrons. The summed E-state index contributed by atoms with van der Waals surface area (Å²) in [6.45, 7) is 6.23. The van der Waals surface area contributed by atoms with Crippen LogP contribution in [0.15, 0.2) is 47.9 Å². The van der Waals surface area contributed by atoms with Crippen LogP contribution in [0.2, 0.25) is 15.1 Å². The number of thioether (sulfide) groups is 1. The minimum absolute atomic E-state index is 0.0954. The van der Waals surface area contributed by atoms with E-state index < -0.39 is 5.91 Å². The van der Waals surface area contributed by atoms with Gasteiger partial charge in [0.15, 0.2) is 11.5 Å². The van der Waals surface area contributed by atoms with Gasteiger partial charge in [0.25, 0.3) is 11.1 Å². The van der Waals surface area contributed by atoms with E-state index in [1.54, 1.807) is 42.5 Å². The minimum Gasteiger partial charge on any atom is -0.490 e. The van der Waals surface area contributed by atoms with Crippen LogP contribution in [0, 0.1) is 0 Å². The van der Waals surface area contributed by atoms with Crippen molar-refractivity contribution in [3.8, 4) is 11.5 Å². The van der Waals surface area contributed by atoms with Gasteiger partial charge < -0.3 is 9.47 Å². The van der Waals surface area contributed by atoms with E-state index in [1.165, 1.54) is 0 Å². The maximum absolute atomic E-state index is 12.8. The maximum Gasteiger partial charge on any atom is 0.293 e. The molecule has 2 aromatic carbocycles. The molecule has 1 fully saturated rings. The van der Waals surface area contributed by atoms with Crippen molar-refractivity contribution >= 4 is 63.8 Å². The lowest BCUT2D eigenvalue weighted by atomic mass is 10.1. The third kappa shape index (κ3) is 5.57. The van der Waals surface area contributed by atoms with Gasteiger partial charge in [0.2, 0.25) is 0 Å². The van der Waals surface area contributed by atoms with Crippen molar-refractivity contribution < 1.29 is 19.1 Å².